The van der Waals surface area contributed by atoms with Gasteiger partial charge in [0, 0.05) is 0 Å². The molecule has 1 nitrogen and oxygen atoms in total. The molecule has 0 aromatic heterocycles. The van der Waals surface area contributed by atoms with Crippen LogP contribution in [0.2, 0.25) is 0 Å². The first-order chi connectivity index (χ1) is 3.66. The summed E-state index contributed by atoms with van der Waals surface area (Å²) in [6, 6.07) is 0. The highest BCUT2D eigenvalue weighted by Crippen LogP contribution is 2.43. The monoisotopic (exact) mass is 149 g/mol. The predicted octanol–water partition coefficient (Wildman–Crippen LogP) is 1.80. The van der Waals surface area contributed by atoms with E-state index < -0.39 is 0 Å². The van der Waals surface area contributed by atoms with E-state index in [0.717, 1.165) is 12.5 Å². The number of nitrogens with two attached hydrogens (primary N) is 1. The second-order valence-corrected chi connectivity index (χ2v) is 3.53. The average Bonchev–Trinajstić information content (AvgIpc) is 1.63. The molecule has 56 valence electrons. The fourth-order valence-corrected chi connectivity index (χ4v) is 1.79. The molecule has 0 bridgehead atoms. The van der Waals surface area contributed by atoms with E-state index in [1.165, 1.54) is 12.8 Å². The van der Waals surface area contributed by atoms with E-state index in [0.29, 0.717) is 5.41 Å². The Morgan fingerprint density at radius 2 is 2.00 bits per heavy atom. The molecule has 0 amide bonds. The highest BCUT2D eigenvalue weighted by atomic mass is 35.5. The lowest BCUT2D eigenvalue weighted by atomic mass is 9.64. The third kappa shape index (κ3) is 1.84. The summed E-state index contributed by atoms with van der Waals surface area (Å²) in [5.41, 5.74) is 6.04. The van der Waals surface area contributed by atoms with Gasteiger partial charge in [-0.05, 0) is 30.7 Å². The quantitative estimate of drug-likeness (QED) is 0.605. The van der Waals surface area contributed by atoms with Crippen LogP contribution in [-0.4, -0.2) is 6.54 Å². The van der Waals surface area contributed by atoms with Crippen LogP contribution in [0.25, 0.3) is 0 Å². The van der Waals surface area contributed by atoms with E-state index in [1.807, 2.05) is 0 Å². The summed E-state index contributed by atoms with van der Waals surface area (Å²) in [6.07, 6.45) is 2.67. The van der Waals surface area contributed by atoms with Gasteiger partial charge < -0.3 is 5.73 Å². The van der Waals surface area contributed by atoms with Gasteiger partial charge in [-0.2, -0.15) is 0 Å². The lowest BCUT2D eigenvalue weighted by Gasteiger charge is -2.42. The molecule has 1 rings (SSSR count). The van der Waals surface area contributed by atoms with Gasteiger partial charge in [0.05, 0.1) is 0 Å². The fraction of sp³-hybridized carbons (Fsp3) is 1.00. The summed E-state index contributed by atoms with van der Waals surface area (Å²) in [7, 11) is 0. The first-order valence-corrected chi connectivity index (χ1v) is 3.36. The van der Waals surface area contributed by atoms with Crippen molar-refractivity contribution in [2.45, 2.75) is 26.7 Å². The summed E-state index contributed by atoms with van der Waals surface area (Å²) in [6.45, 7) is 5.43. The topological polar surface area (TPSA) is 26.0 Å². The van der Waals surface area contributed by atoms with Crippen molar-refractivity contribution in [1.82, 2.24) is 0 Å². The molecular formula is C7H16ClN. The molecule has 1 aliphatic rings. The van der Waals surface area contributed by atoms with Gasteiger partial charge in [0.2, 0.25) is 0 Å². The van der Waals surface area contributed by atoms with Crippen LogP contribution in [0, 0.1) is 11.3 Å². The molecule has 0 aromatic rings. The van der Waals surface area contributed by atoms with Crippen LogP contribution < -0.4 is 5.73 Å². The SMILES string of the molecule is CC1CC(C)(CN)C1.Cl. The molecule has 0 saturated heterocycles. The Morgan fingerprint density at radius 3 is 2.11 bits per heavy atom. The van der Waals surface area contributed by atoms with Gasteiger partial charge in [0.15, 0.2) is 0 Å². The van der Waals surface area contributed by atoms with Crippen LogP contribution in [0.5, 0.6) is 0 Å². The van der Waals surface area contributed by atoms with E-state index in [2.05, 4.69) is 13.8 Å². The molecule has 0 aliphatic heterocycles. The van der Waals surface area contributed by atoms with Gasteiger partial charge in [-0.3, -0.25) is 0 Å². The number of rotatable bonds is 1. The second-order valence-electron chi connectivity index (χ2n) is 3.53. The van der Waals surface area contributed by atoms with Crippen molar-refractivity contribution >= 4 is 12.4 Å². The molecule has 2 N–H and O–H groups in total. The van der Waals surface area contributed by atoms with Crippen LogP contribution >= 0.6 is 12.4 Å². The van der Waals surface area contributed by atoms with E-state index in [9.17, 15) is 0 Å². The zero-order valence-corrected chi connectivity index (χ0v) is 7.00. The number of halogens is 1. The molecule has 0 heterocycles. The largest absolute Gasteiger partial charge is 0.330 e. The lowest BCUT2D eigenvalue weighted by molar-refractivity contribution is 0.0982. The van der Waals surface area contributed by atoms with Gasteiger partial charge in [-0.1, -0.05) is 13.8 Å². The molecule has 0 radical (unpaired) electrons. The normalized spacial score (nSPS) is 41.0. The van der Waals surface area contributed by atoms with Gasteiger partial charge in [-0.15, -0.1) is 12.4 Å². The van der Waals surface area contributed by atoms with Crippen molar-refractivity contribution in [2.24, 2.45) is 17.1 Å². The Kier molecular flexibility index (Phi) is 2.97. The van der Waals surface area contributed by atoms with Gasteiger partial charge in [-0.25, -0.2) is 0 Å². The standard InChI is InChI=1S/C7H15N.ClH/c1-6-3-7(2,4-6)5-8;/h6H,3-5,8H2,1-2H3;1H. The number of hydrogen-bond donors (Lipinski definition) is 1. The predicted molar refractivity (Wildman–Crippen MR) is 42.8 cm³/mol. The summed E-state index contributed by atoms with van der Waals surface area (Å²) in [4.78, 5) is 0. The molecule has 0 spiro atoms. The molecule has 2 heteroatoms. The van der Waals surface area contributed by atoms with Crippen LogP contribution in [0.4, 0.5) is 0 Å². The zero-order valence-electron chi connectivity index (χ0n) is 6.18. The molecular weight excluding hydrogens is 134 g/mol. The maximum Gasteiger partial charge on any atom is -0.00230 e. The van der Waals surface area contributed by atoms with Crippen molar-refractivity contribution in [1.29, 1.82) is 0 Å². The summed E-state index contributed by atoms with van der Waals surface area (Å²) in [5, 5.41) is 0. The average molecular weight is 150 g/mol. The number of hydrogen-bond acceptors (Lipinski definition) is 1. The second kappa shape index (κ2) is 2.89. The van der Waals surface area contributed by atoms with E-state index in [1.54, 1.807) is 0 Å². The van der Waals surface area contributed by atoms with Crippen LogP contribution in [-0.2, 0) is 0 Å². The minimum Gasteiger partial charge on any atom is -0.330 e. The molecule has 9 heavy (non-hydrogen) atoms. The van der Waals surface area contributed by atoms with Gasteiger partial charge in [0.25, 0.3) is 0 Å². The third-order valence-corrected chi connectivity index (χ3v) is 2.18. The van der Waals surface area contributed by atoms with Crippen LogP contribution in [0.1, 0.15) is 26.7 Å². The Morgan fingerprint density at radius 1 is 1.56 bits per heavy atom. The Bertz CT molecular complexity index is 86.9. The maximum atomic E-state index is 5.53. The van der Waals surface area contributed by atoms with E-state index in [-0.39, 0.29) is 12.4 Å². The fourth-order valence-electron chi connectivity index (χ4n) is 1.79. The molecule has 1 saturated carbocycles. The van der Waals surface area contributed by atoms with E-state index in [4.69, 9.17) is 5.73 Å². The first-order valence-electron chi connectivity index (χ1n) is 3.36. The molecule has 0 unspecified atom stereocenters. The Labute approximate surface area is 63.4 Å². The summed E-state index contributed by atoms with van der Waals surface area (Å²) >= 11 is 0. The van der Waals surface area contributed by atoms with Gasteiger partial charge in [0.1, 0.15) is 0 Å². The maximum absolute atomic E-state index is 5.53. The van der Waals surface area contributed by atoms with Crippen molar-refractivity contribution in [3.05, 3.63) is 0 Å². The summed E-state index contributed by atoms with van der Waals surface area (Å²) < 4.78 is 0. The van der Waals surface area contributed by atoms with Gasteiger partial charge >= 0.3 is 0 Å². The Balaban J connectivity index is 0.000000640. The van der Waals surface area contributed by atoms with Crippen molar-refractivity contribution in [3.8, 4) is 0 Å². The smallest absolute Gasteiger partial charge is 0.00230 e. The van der Waals surface area contributed by atoms with Crippen molar-refractivity contribution in [3.63, 3.8) is 0 Å². The Hall–Kier alpha value is 0.250. The summed E-state index contributed by atoms with van der Waals surface area (Å²) in [5.74, 6) is 0.934. The molecule has 1 fully saturated rings. The third-order valence-electron chi connectivity index (χ3n) is 2.18. The molecule has 1 aliphatic carbocycles. The van der Waals surface area contributed by atoms with Crippen LogP contribution in [0.15, 0.2) is 0 Å². The zero-order chi connectivity index (χ0) is 6.20. The molecule has 0 aromatic carbocycles. The highest BCUT2D eigenvalue weighted by Gasteiger charge is 2.35. The first kappa shape index (κ1) is 9.25. The minimum absolute atomic E-state index is 0. The highest BCUT2D eigenvalue weighted by molar-refractivity contribution is 5.85. The molecule has 0 atom stereocenters. The minimum atomic E-state index is 0. The van der Waals surface area contributed by atoms with E-state index >= 15 is 0 Å². The van der Waals surface area contributed by atoms with Crippen molar-refractivity contribution in [2.75, 3.05) is 6.54 Å². The van der Waals surface area contributed by atoms with Crippen molar-refractivity contribution < 1.29 is 0 Å². The lowest BCUT2D eigenvalue weighted by Crippen LogP contribution is -2.39. The van der Waals surface area contributed by atoms with Crippen LogP contribution in [0.3, 0.4) is 0 Å².